The highest BCUT2D eigenvalue weighted by Crippen LogP contribution is 2.28. The number of fused-ring (bicyclic) bond motifs is 1. The average Bonchev–Trinajstić information content (AvgIpc) is 3.29. The van der Waals surface area contributed by atoms with Crippen LogP contribution in [-0.4, -0.2) is 61.6 Å². The van der Waals surface area contributed by atoms with Gasteiger partial charge in [0, 0.05) is 26.2 Å². The third kappa shape index (κ3) is 5.55. The second-order valence-corrected chi connectivity index (χ2v) is 10.0. The number of carbonyl (C=O) groups excluding carboxylic acids is 1. The average molecular weight is 526 g/mol. The monoisotopic (exact) mass is 525 g/mol. The predicted octanol–water partition coefficient (Wildman–Crippen LogP) is 2.38. The van der Waals surface area contributed by atoms with E-state index in [1.807, 2.05) is 30.3 Å². The normalized spacial score (nSPS) is 16.0. The lowest BCUT2D eigenvalue weighted by molar-refractivity contribution is -0.136. The molecule has 0 bridgehead atoms. The van der Waals surface area contributed by atoms with Crippen LogP contribution >= 0.6 is 11.3 Å². The molecule has 2 N–H and O–H groups in total. The number of alkyl halides is 3. The zero-order valence-corrected chi connectivity index (χ0v) is 20.1. The lowest BCUT2D eigenvalue weighted by Gasteiger charge is -2.36. The maximum Gasteiger partial charge on any atom is 0.390 e. The first kappa shape index (κ1) is 26.1. The van der Waals surface area contributed by atoms with Gasteiger partial charge in [-0.05, 0) is 30.9 Å². The number of piperidine rings is 1. The zero-order chi connectivity index (χ0) is 26.1. The second kappa shape index (κ2) is 10.2. The van der Waals surface area contributed by atoms with Crippen LogP contribution in [0.15, 0.2) is 46.0 Å². The molecule has 4 rings (SSSR count). The number of amides is 1. The standard InChI is InChI=1S/C24H26F3N3O5S/c25-24(26,27)9-13-30-21-17(19(32)29(22(30)34)10-6-16-4-2-1-3-5-16)14-18(36-21)20(33)28-11-7-23(35,15-31)8-12-28/h1-5,14,31,35H,6-13,15H2. The molecule has 0 saturated carbocycles. The van der Waals surface area contributed by atoms with E-state index in [0.717, 1.165) is 26.0 Å². The Labute approximate surface area is 207 Å². The number of halogens is 3. The number of hydrogen-bond donors (Lipinski definition) is 2. The molecule has 0 atom stereocenters. The number of hydrogen-bond acceptors (Lipinski definition) is 6. The van der Waals surface area contributed by atoms with Crippen LogP contribution in [0.4, 0.5) is 13.2 Å². The van der Waals surface area contributed by atoms with E-state index < -0.39 is 48.5 Å². The van der Waals surface area contributed by atoms with Crippen LogP contribution in [0, 0.1) is 0 Å². The topological polar surface area (TPSA) is 105 Å². The van der Waals surface area contributed by atoms with E-state index in [1.165, 1.54) is 11.0 Å². The lowest BCUT2D eigenvalue weighted by atomic mass is 9.92. The molecule has 36 heavy (non-hydrogen) atoms. The third-order valence-corrected chi connectivity index (χ3v) is 7.61. The number of likely N-dealkylation sites (tertiary alicyclic amines) is 1. The van der Waals surface area contributed by atoms with Crippen LogP contribution in [0.1, 0.15) is 34.5 Å². The van der Waals surface area contributed by atoms with Crippen molar-refractivity contribution in [3.63, 3.8) is 0 Å². The summed E-state index contributed by atoms with van der Waals surface area (Å²) in [4.78, 5) is 41.1. The summed E-state index contributed by atoms with van der Waals surface area (Å²) in [5.41, 5.74) is -1.90. The van der Waals surface area contributed by atoms with Gasteiger partial charge in [0.2, 0.25) is 0 Å². The molecule has 1 fully saturated rings. The molecule has 194 valence electrons. The number of aliphatic hydroxyl groups excluding tert-OH is 1. The molecular weight excluding hydrogens is 499 g/mol. The van der Waals surface area contributed by atoms with E-state index in [2.05, 4.69) is 0 Å². The fourth-order valence-corrected chi connectivity index (χ4v) is 5.40. The smallest absolute Gasteiger partial charge is 0.390 e. The predicted molar refractivity (Wildman–Crippen MR) is 128 cm³/mol. The van der Waals surface area contributed by atoms with Crippen LogP contribution in [0.25, 0.3) is 10.2 Å². The number of thiophene rings is 1. The highest BCUT2D eigenvalue weighted by Gasteiger charge is 2.34. The van der Waals surface area contributed by atoms with Gasteiger partial charge in [-0.15, -0.1) is 11.3 Å². The molecule has 3 heterocycles. The van der Waals surface area contributed by atoms with Crippen molar-refractivity contribution in [2.45, 2.75) is 50.6 Å². The van der Waals surface area contributed by atoms with Gasteiger partial charge in [-0.1, -0.05) is 30.3 Å². The SMILES string of the molecule is O=C(c1cc2c(=O)n(CCc3ccccc3)c(=O)n(CCC(F)(F)F)c2s1)N1CCC(O)(CO)CC1. The van der Waals surface area contributed by atoms with Crippen molar-refractivity contribution >= 4 is 27.5 Å². The van der Waals surface area contributed by atoms with Crippen molar-refractivity contribution in [1.82, 2.24) is 14.0 Å². The Kier molecular flexibility index (Phi) is 7.39. The molecule has 12 heteroatoms. The summed E-state index contributed by atoms with van der Waals surface area (Å²) in [6.07, 6.45) is -5.10. The number of carbonyl (C=O) groups is 1. The first-order valence-electron chi connectivity index (χ1n) is 11.5. The molecule has 0 spiro atoms. The van der Waals surface area contributed by atoms with Crippen molar-refractivity contribution in [1.29, 1.82) is 0 Å². The fourth-order valence-electron chi connectivity index (χ4n) is 4.26. The molecular formula is C24H26F3N3O5S. The highest BCUT2D eigenvalue weighted by molar-refractivity contribution is 7.20. The quantitative estimate of drug-likeness (QED) is 0.493. The summed E-state index contributed by atoms with van der Waals surface area (Å²) in [5.74, 6) is -0.443. The van der Waals surface area contributed by atoms with E-state index in [4.69, 9.17) is 0 Å². The van der Waals surface area contributed by atoms with E-state index in [-0.39, 0.29) is 47.6 Å². The number of nitrogens with zero attached hydrogens (tertiary/aromatic N) is 3. The molecule has 3 aromatic rings. The van der Waals surface area contributed by atoms with Crippen molar-refractivity contribution in [2.75, 3.05) is 19.7 Å². The molecule has 1 aliphatic heterocycles. The van der Waals surface area contributed by atoms with Gasteiger partial charge in [0.25, 0.3) is 11.5 Å². The van der Waals surface area contributed by atoms with E-state index in [1.54, 1.807) is 0 Å². The molecule has 1 saturated heterocycles. The van der Waals surface area contributed by atoms with Crippen molar-refractivity contribution in [2.24, 2.45) is 0 Å². The Morgan fingerprint density at radius 3 is 2.33 bits per heavy atom. The van der Waals surface area contributed by atoms with Crippen LogP contribution < -0.4 is 11.2 Å². The minimum absolute atomic E-state index is 0.0158. The van der Waals surface area contributed by atoms with Gasteiger partial charge in [-0.25, -0.2) is 4.79 Å². The summed E-state index contributed by atoms with van der Waals surface area (Å²) in [5, 5.41) is 19.5. The summed E-state index contributed by atoms with van der Waals surface area (Å²) in [6, 6.07) is 10.4. The maximum absolute atomic E-state index is 13.2. The van der Waals surface area contributed by atoms with Gasteiger partial charge in [0.1, 0.15) is 4.83 Å². The van der Waals surface area contributed by atoms with E-state index in [9.17, 15) is 37.8 Å². The van der Waals surface area contributed by atoms with Crippen LogP contribution in [0.2, 0.25) is 0 Å². The molecule has 2 aromatic heterocycles. The highest BCUT2D eigenvalue weighted by atomic mass is 32.1. The summed E-state index contributed by atoms with van der Waals surface area (Å²) in [6.45, 7) is -0.773. The maximum atomic E-state index is 13.2. The molecule has 8 nitrogen and oxygen atoms in total. The molecule has 0 aliphatic carbocycles. The van der Waals surface area contributed by atoms with Crippen LogP contribution in [0.5, 0.6) is 0 Å². The van der Waals surface area contributed by atoms with Crippen molar-refractivity contribution in [3.05, 3.63) is 67.7 Å². The Morgan fingerprint density at radius 2 is 1.72 bits per heavy atom. The number of aromatic nitrogens is 2. The Bertz CT molecular complexity index is 1360. The van der Waals surface area contributed by atoms with Gasteiger partial charge in [0.05, 0.1) is 28.9 Å². The fraction of sp³-hybridized carbons (Fsp3) is 0.458. The Hall–Kier alpha value is -2.96. The summed E-state index contributed by atoms with van der Waals surface area (Å²) < 4.78 is 40.9. The van der Waals surface area contributed by atoms with Crippen LogP contribution in [-0.2, 0) is 19.5 Å². The number of aliphatic hydroxyl groups is 2. The molecule has 1 amide bonds. The zero-order valence-electron chi connectivity index (χ0n) is 19.3. The number of benzene rings is 1. The van der Waals surface area contributed by atoms with E-state index in [0.29, 0.717) is 6.42 Å². The number of aryl methyl sites for hydroxylation is 2. The largest absolute Gasteiger partial charge is 0.393 e. The first-order chi connectivity index (χ1) is 17.0. The van der Waals surface area contributed by atoms with E-state index >= 15 is 0 Å². The van der Waals surface area contributed by atoms with Gasteiger partial charge >= 0.3 is 11.9 Å². The van der Waals surface area contributed by atoms with Gasteiger partial charge in [-0.3, -0.25) is 18.7 Å². The minimum Gasteiger partial charge on any atom is -0.393 e. The molecule has 0 unspecified atom stereocenters. The second-order valence-electron chi connectivity index (χ2n) is 9.00. The molecule has 0 radical (unpaired) electrons. The first-order valence-corrected chi connectivity index (χ1v) is 12.3. The van der Waals surface area contributed by atoms with Gasteiger partial charge in [-0.2, -0.15) is 13.2 Å². The minimum atomic E-state index is -4.51. The third-order valence-electron chi connectivity index (χ3n) is 6.47. The van der Waals surface area contributed by atoms with Crippen molar-refractivity contribution in [3.8, 4) is 0 Å². The Balaban J connectivity index is 1.71. The van der Waals surface area contributed by atoms with Crippen LogP contribution in [0.3, 0.4) is 0 Å². The summed E-state index contributed by atoms with van der Waals surface area (Å²) in [7, 11) is 0. The summed E-state index contributed by atoms with van der Waals surface area (Å²) >= 11 is 0.813. The molecule has 1 aromatic carbocycles. The molecule has 1 aliphatic rings. The lowest BCUT2D eigenvalue weighted by Crippen LogP contribution is -2.48. The van der Waals surface area contributed by atoms with Crippen molar-refractivity contribution < 1.29 is 28.2 Å². The number of rotatable bonds is 7. The van der Waals surface area contributed by atoms with Gasteiger partial charge in [0.15, 0.2) is 0 Å². The van der Waals surface area contributed by atoms with Gasteiger partial charge < -0.3 is 15.1 Å². The Morgan fingerprint density at radius 1 is 1.06 bits per heavy atom.